The summed E-state index contributed by atoms with van der Waals surface area (Å²) < 4.78 is 0. The maximum absolute atomic E-state index is 12.1. The highest BCUT2D eigenvalue weighted by molar-refractivity contribution is 5.80. The largest absolute Gasteiger partial charge is 0.300 e. The van der Waals surface area contributed by atoms with Crippen LogP contribution in [0.4, 0.5) is 0 Å². The fraction of sp³-hybridized carbons (Fsp3) is 0.577. The van der Waals surface area contributed by atoms with Gasteiger partial charge in [0.1, 0.15) is 5.78 Å². The molecule has 5 atom stereocenters. The average Bonchev–Trinajstić information content (AvgIpc) is 3.11. The lowest BCUT2D eigenvalue weighted by Gasteiger charge is -2.53. The van der Waals surface area contributed by atoms with Gasteiger partial charge in [0.2, 0.25) is 0 Å². The summed E-state index contributed by atoms with van der Waals surface area (Å²) in [4.78, 5) is 12.1. The molecule has 1 heteroatoms. The Morgan fingerprint density at radius 3 is 2.78 bits per heavy atom. The van der Waals surface area contributed by atoms with Crippen LogP contribution in [0.15, 0.2) is 41.5 Å². The average molecular weight is 359 g/mol. The molecule has 0 N–H and O–H groups in total. The summed E-state index contributed by atoms with van der Waals surface area (Å²) in [6, 6.07) is 11.2. The van der Waals surface area contributed by atoms with E-state index in [0.717, 1.165) is 31.6 Å². The van der Waals surface area contributed by atoms with Crippen LogP contribution < -0.4 is 0 Å². The third-order valence-electron chi connectivity index (χ3n) is 8.34. The number of hydrogen-bond acceptors (Lipinski definition) is 1. The zero-order chi connectivity index (χ0) is 18.4. The normalized spacial score (nSPS) is 38.0. The van der Waals surface area contributed by atoms with E-state index >= 15 is 0 Å². The summed E-state index contributed by atoms with van der Waals surface area (Å²) in [5.74, 6) is 6.08. The molecule has 1 nitrogen and oxygen atoms in total. The van der Waals surface area contributed by atoms with E-state index in [0.29, 0.717) is 29.0 Å². The summed E-state index contributed by atoms with van der Waals surface area (Å²) in [6.07, 6.45) is 17.1. The van der Waals surface area contributed by atoms with Gasteiger partial charge in [-0.25, -0.2) is 0 Å². The fourth-order valence-corrected chi connectivity index (χ4v) is 7.35. The van der Waals surface area contributed by atoms with Crippen molar-refractivity contribution in [1.29, 1.82) is 0 Å². The zero-order valence-corrected chi connectivity index (χ0v) is 16.3. The number of carbonyl (C=O) groups excluding carboxylic acids is 1. The lowest BCUT2D eigenvalue weighted by atomic mass is 9.51. The molecular weight excluding hydrogens is 328 g/mol. The van der Waals surface area contributed by atoms with Crippen molar-refractivity contribution in [3.05, 3.63) is 47.0 Å². The molecule has 140 valence electrons. The molecule has 4 aliphatic rings. The van der Waals surface area contributed by atoms with Gasteiger partial charge in [-0.2, -0.15) is 0 Å². The van der Waals surface area contributed by atoms with Crippen molar-refractivity contribution >= 4 is 5.78 Å². The first-order valence-electron chi connectivity index (χ1n) is 10.9. The molecule has 0 aliphatic heterocycles. The number of carbonyl (C=O) groups is 1. The number of terminal acetylenes is 1. The Morgan fingerprint density at radius 1 is 1.11 bits per heavy atom. The van der Waals surface area contributed by atoms with Gasteiger partial charge >= 0.3 is 0 Å². The number of benzene rings is 1. The van der Waals surface area contributed by atoms with E-state index < -0.39 is 0 Å². The highest BCUT2D eigenvalue weighted by atomic mass is 16.1. The SMILES string of the molecule is C#CC[C@@]12CCC[C@H]1[C@@H]1CCC3CC(=O)CCC3=C1[C@@H](c1ccccc1)C2. The van der Waals surface area contributed by atoms with Gasteiger partial charge in [-0.15, -0.1) is 12.3 Å². The van der Waals surface area contributed by atoms with E-state index in [-0.39, 0.29) is 0 Å². The second-order valence-electron chi connectivity index (χ2n) is 9.51. The molecular formula is C26H30O. The number of hydrogen-bond donors (Lipinski definition) is 0. The molecule has 3 fully saturated rings. The van der Waals surface area contributed by atoms with Gasteiger partial charge in [0.25, 0.3) is 0 Å². The van der Waals surface area contributed by atoms with Crippen molar-refractivity contribution in [3.63, 3.8) is 0 Å². The molecule has 1 unspecified atom stereocenters. The smallest absolute Gasteiger partial charge is 0.133 e. The van der Waals surface area contributed by atoms with Crippen LogP contribution in [0.25, 0.3) is 0 Å². The molecule has 27 heavy (non-hydrogen) atoms. The predicted molar refractivity (Wildman–Crippen MR) is 109 cm³/mol. The van der Waals surface area contributed by atoms with Crippen molar-refractivity contribution in [2.24, 2.45) is 23.2 Å². The van der Waals surface area contributed by atoms with Crippen molar-refractivity contribution < 1.29 is 4.79 Å². The Bertz CT molecular complexity index is 810. The molecule has 3 saturated carbocycles. The number of rotatable bonds is 2. The third kappa shape index (κ3) is 2.72. The molecule has 1 aromatic carbocycles. The Labute approximate surface area is 163 Å². The molecule has 0 aromatic heterocycles. The highest BCUT2D eigenvalue weighted by Gasteiger charge is 2.54. The van der Waals surface area contributed by atoms with Crippen molar-refractivity contribution in [2.75, 3.05) is 0 Å². The summed E-state index contributed by atoms with van der Waals surface area (Å²) in [5.41, 5.74) is 5.26. The Kier molecular flexibility index (Phi) is 4.27. The van der Waals surface area contributed by atoms with Gasteiger partial charge in [0.05, 0.1) is 0 Å². The van der Waals surface area contributed by atoms with E-state index in [1.807, 2.05) is 0 Å². The minimum Gasteiger partial charge on any atom is -0.300 e. The van der Waals surface area contributed by atoms with Crippen molar-refractivity contribution in [2.45, 2.75) is 70.1 Å². The summed E-state index contributed by atoms with van der Waals surface area (Å²) in [6.45, 7) is 0. The third-order valence-corrected chi connectivity index (χ3v) is 8.34. The van der Waals surface area contributed by atoms with Crippen LogP contribution in [0.5, 0.6) is 0 Å². The van der Waals surface area contributed by atoms with Crippen molar-refractivity contribution in [1.82, 2.24) is 0 Å². The first-order chi connectivity index (χ1) is 13.2. The fourth-order valence-electron chi connectivity index (χ4n) is 7.35. The minimum atomic E-state index is 0.349. The topological polar surface area (TPSA) is 17.1 Å². The van der Waals surface area contributed by atoms with Crippen LogP contribution in [-0.4, -0.2) is 5.78 Å². The van der Waals surface area contributed by atoms with E-state index in [2.05, 4.69) is 36.3 Å². The number of allylic oxidation sites excluding steroid dienone is 2. The molecule has 5 rings (SSSR count). The van der Waals surface area contributed by atoms with E-state index in [1.165, 1.54) is 44.1 Å². The molecule has 0 saturated heterocycles. The quantitative estimate of drug-likeness (QED) is 0.464. The second kappa shape index (κ2) is 6.66. The Balaban J connectivity index is 1.65. The van der Waals surface area contributed by atoms with Crippen LogP contribution in [0.3, 0.4) is 0 Å². The maximum Gasteiger partial charge on any atom is 0.133 e. The summed E-state index contributed by atoms with van der Waals surface area (Å²) in [5, 5.41) is 0. The monoisotopic (exact) mass is 358 g/mol. The van der Waals surface area contributed by atoms with Crippen LogP contribution in [0.2, 0.25) is 0 Å². The van der Waals surface area contributed by atoms with Crippen LogP contribution in [-0.2, 0) is 4.79 Å². The number of fused-ring (bicyclic) bond motifs is 4. The minimum absolute atomic E-state index is 0.349. The molecule has 4 aliphatic carbocycles. The van der Waals surface area contributed by atoms with Crippen LogP contribution in [0, 0.1) is 35.5 Å². The predicted octanol–water partition coefficient (Wildman–Crippen LogP) is 6.06. The lowest BCUT2D eigenvalue weighted by Crippen LogP contribution is -2.43. The van der Waals surface area contributed by atoms with Gasteiger partial charge in [0, 0.05) is 25.2 Å². The van der Waals surface area contributed by atoms with Gasteiger partial charge in [0.15, 0.2) is 0 Å². The van der Waals surface area contributed by atoms with E-state index in [1.54, 1.807) is 11.1 Å². The molecule has 0 bridgehead atoms. The Hall–Kier alpha value is -1.81. The maximum atomic E-state index is 12.1. The zero-order valence-electron chi connectivity index (χ0n) is 16.3. The van der Waals surface area contributed by atoms with E-state index in [4.69, 9.17) is 6.42 Å². The Morgan fingerprint density at radius 2 is 1.96 bits per heavy atom. The lowest BCUT2D eigenvalue weighted by molar-refractivity contribution is -0.120. The van der Waals surface area contributed by atoms with Crippen molar-refractivity contribution in [3.8, 4) is 12.3 Å². The molecule has 1 aromatic rings. The molecule has 0 radical (unpaired) electrons. The van der Waals surface area contributed by atoms with E-state index in [9.17, 15) is 4.79 Å². The van der Waals surface area contributed by atoms with Crippen LogP contribution in [0.1, 0.15) is 75.7 Å². The van der Waals surface area contributed by atoms with Gasteiger partial charge in [-0.05, 0) is 67.3 Å². The first-order valence-corrected chi connectivity index (χ1v) is 10.9. The highest BCUT2D eigenvalue weighted by Crippen LogP contribution is 2.65. The first kappa shape index (κ1) is 17.3. The van der Waals surface area contributed by atoms with Gasteiger partial charge in [-0.3, -0.25) is 4.79 Å². The standard InChI is InChI=1S/C26H30O/c1-2-14-26-15-6-9-24(26)22-12-10-19-16-20(27)11-13-21(19)25(22)23(17-26)18-7-4-3-5-8-18/h1,3-5,7-8,19,22-24H,6,9-17H2/t19?,22-,23+,24-,26-/m0/s1. The molecule has 0 heterocycles. The molecule has 0 spiro atoms. The summed E-state index contributed by atoms with van der Waals surface area (Å²) in [7, 11) is 0. The number of ketones is 1. The van der Waals surface area contributed by atoms with Gasteiger partial charge < -0.3 is 0 Å². The summed E-state index contributed by atoms with van der Waals surface area (Å²) >= 11 is 0. The number of Topliss-reactive ketones (excluding diaryl/α,β-unsaturated/α-hetero) is 1. The molecule has 0 amide bonds. The second-order valence-corrected chi connectivity index (χ2v) is 9.51. The van der Waals surface area contributed by atoms with Gasteiger partial charge in [-0.1, -0.05) is 47.9 Å². The van der Waals surface area contributed by atoms with Crippen LogP contribution >= 0.6 is 0 Å².